The molecule has 2 amide bonds. The van der Waals surface area contributed by atoms with Crippen molar-refractivity contribution in [2.45, 2.75) is 18.7 Å². The molecule has 166 valence electrons. The maximum absolute atomic E-state index is 14.9. The van der Waals surface area contributed by atoms with E-state index >= 15 is 0 Å². The highest BCUT2D eigenvalue weighted by Crippen LogP contribution is 2.35. The SMILES string of the molecule is CC(=O)CNC(=O)C(c1nc2cc(F)c(-c3ccc4c(c3)C(=O)NC4)cc2s1)S(C)(=O)=O. The van der Waals surface area contributed by atoms with Gasteiger partial charge in [-0.25, -0.2) is 17.8 Å². The molecule has 1 unspecified atom stereocenters. The second-order valence-corrected chi connectivity index (χ2v) is 10.7. The van der Waals surface area contributed by atoms with Crippen molar-refractivity contribution in [3.05, 3.63) is 52.3 Å². The lowest BCUT2D eigenvalue weighted by molar-refractivity contribution is -0.124. The fraction of sp³-hybridized carbons (Fsp3) is 0.238. The lowest BCUT2D eigenvalue weighted by Gasteiger charge is -2.11. The van der Waals surface area contributed by atoms with Crippen molar-refractivity contribution < 1.29 is 27.2 Å². The van der Waals surface area contributed by atoms with E-state index in [1.165, 1.54) is 19.1 Å². The maximum Gasteiger partial charge on any atom is 0.251 e. The van der Waals surface area contributed by atoms with E-state index in [4.69, 9.17) is 0 Å². The Morgan fingerprint density at radius 1 is 1.25 bits per heavy atom. The van der Waals surface area contributed by atoms with Gasteiger partial charge in [-0.1, -0.05) is 12.1 Å². The number of thiazole rings is 1. The maximum atomic E-state index is 14.9. The van der Waals surface area contributed by atoms with Crippen LogP contribution in [0.4, 0.5) is 4.39 Å². The minimum atomic E-state index is -3.91. The summed E-state index contributed by atoms with van der Waals surface area (Å²) in [4.78, 5) is 39.8. The van der Waals surface area contributed by atoms with E-state index in [1.54, 1.807) is 18.2 Å². The van der Waals surface area contributed by atoms with Gasteiger partial charge >= 0.3 is 0 Å². The first-order valence-electron chi connectivity index (χ1n) is 9.52. The largest absolute Gasteiger partial charge is 0.348 e. The summed E-state index contributed by atoms with van der Waals surface area (Å²) in [5, 5.41) is 3.37. The Labute approximate surface area is 186 Å². The zero-order chi connectivity index (χ0) is 23.2. The number of amides is 2. The van der Waals surface area contributed by atoms with E-state index in [2.05, 4.69) is 15.6 Å². The minimum Gasteiger partial charge on any atom is -0.348 e. The summed E-state index contributed by atoms with van der Waals surface area (Å²) in [5.41, 5.74) is 2.23. The second-order valence-electron chi connectivity index (χ2n) is 7.54. The van der Waals surface area contributed by atoms with E-state index in [0.717, 1.165) is 23.2 Å². The topological polar surface area (TPSA) is 122 Å². The first-order valence-corrected chi connectivity index (χ1v) is 12.3. The van der Waals surface area contributed by atoms with Gasteiger partial charge in [0.15, 0.2) is 15.1 Å². The third-order valence-corrected chi connectivity index (χ3v) is 7.53. The summed E-state index contributed by atoms with van der Waals surface area (Å²) in [7, 11) is -3.91. The molecular formula is C21H18FN3O5S2. The Morgan fingerprint density at radius 2 is 2.00 bits per heavy atom. The number of halogens is 1. The van der Waals surface area contributed by atoms with Crippen LogP contribution in [0.3, 0.4) is 0 Å². The Hall–Kier alpha value is -3.18. The number of sulfone groups is 1. The zero-order valence-corrected chi connectivity index (χ0v) is 18.7. The number of aromatic nitrogens is 1. The first-order chi connectivity index (χ1) is 15.0. The number of hydrogen-bond acceptors (Lipinski definition) is 7. The number of nitrogens with one attached hydrogen (secondary N) is 2. The fourth-order valence-corrected chi connectivity index (χ4v) is 6.00. The van der Waals surface area contributed by atoms with Crippen LogP contribution in [-0.4, -0.2) is 43.8 Å². The van der Waals surface area contributed by atoms with Crippen molar-refractivity contribution in [2.24, 2.45) is 0 Å². The average Bonchev–Trinajstić information content (AvgIpc) is 3.27. The summed E-state index contributed by atoms with van der Waals surface area (Å²) in [5.74, 6) is -2.02. The van der Waals surface area contributed by atoms with Crippen molar-refractivity contribution in [1.82, 2.24) is 15.6 Å². The molecule has 2 heterocycles. The van der Waals surface area contributed by atoms with Gasteiger partial charge in [0.2, 0.25) is 5.91 Å². The van der Waals surface area contributed by atoms with Gasteiger partial charge in [-0.05, 0) is 30.2 Å². The third-order valence-electron chi connectivity index (χ3n) is 5.00. The normalized spacial score (nSPS) is 14.2. The standard InChI is InChI=1S/C21H18FN3O5S2/c1-10(26)8-23-20(28)18(32(2,29)30)21-25-16-7-15(22)13(6-17(16)31-21)11-3-4-12-9-24-19(27)14(12)5-11/h3-7,18H,8-9H2,1-2H3,(H,23,28)(H,24,27). The highest BCUT2D eigenvalue weighted by Gasteiger charge is 2.34. The molecular weight excluding hydrogens is 457 g/mol. The molecule has 0 fully saturated rings. The van der Waals surface area contributed by atoms with Crippen molar-refractivity contribution in [2.75, 3.05) is 12.8 Å². The molecule has 1 aromatic heterocycles. The van der Waals surface area contributed by atoms with Crippen LogP contribution in [0.15, 0.2) is 30.3 Å². The molecule has 1 aliphatic heterocycles. The molecule has 3 aromatic rings. The highest BCUT2D eigenvalue weighted by atomic mass is 32.2. The molecule has 0 saturated heterocycles. The van der Waals surface area contributed by atoms with Gasteiger partial charge in [0.05, 0.1) is 16.8 Å². The van der Waals surface area contributed by atoms with E-state index in [1.807, 2.05) is 0 Å². The third kappa shape index (κ3) is 4.13. The summed E-state index contributed by atoms with van der Waals surface area (Å²) in [6.07, 6.45) is 0.901. The summed E-state index contributed by atoms with van der Waals surface area (Å²) in [6, 6.07) is 7.76. The molecule has 8 nitrogen and oxygen atoms in total. The van der Waals surface area contributed by atoms with E-state index < -0.39 is 26.8 Å². The Bertz CT molecular complexity index is 1400. The number of carbonyl (C=O) groups excluding carboxylic acids is 3. The number of ketones is 1. The molecule has 32 heavy (non-hydrogen) atoms. The molecule has 0 saturated carbocycles. The molecule has 0 spiro atoms. The molecule has 1 aliphatic rings. The molecule has 4 rings (SSSR count). The van der Waals surface area contributed by atoms with Crippen LogP contribution in [0.1, 0.15) is 33.1 Å². The Balaban J connectivity index is 1.76. The molecule has 1 atom stereocenters. The predicted molar refractivity (Wildman–Crippen MR) is 117 cm³/mol. The molecule has 0 radical (unpaired) electrons. The smallest absolute Gasteiger partial charge is 0.251 e. The van der Waals surface area contributed by atoms with Crippen LogP contribution in [0.25, 0.3) is 21.3 Å². The number of fused-ring (bicyclic) bond motifs is 2. The number of benzene rings is 2. The summed E-state index contributed by atoms with van der Waals surface area (Å²) >= 11 is 0.956. The van der Waals surface area contributed by atoms with E-state index in [0.29, 0.717) is 22.4 Å². The predicted octanol–water partition coefficient (Wildman–Crippen LogP) is 2.14. The van der Waals surface area contributed by atoms with Gasteiger partial charge in [0.1, 0.15) is 16.6 Å². The Kier molecular flexibility index (Phi) is 5.55. The summed E-state index contributed by atoms with van der Waals surface area (Å²) in [6.45, 7) is 1.38. The monoisotopic (exact) mass is 475 g/mol. The lowest BCUT2D eigenvalue weighted by atomic mass is 10.00. The van der Waals surface area contributed by atoms with E-state index in [9.17, 15) is 27.2 Å². The average molecular weight is 476 g/mol. The van der Waals surface area contributed by atoms with Gasteiger partial charge < -0.3 is 10.6 Å². The van der Waals surface area contributed by atoms with Crippen LogP contribution < -0.4 is 10.6 Å². The highest BCUT2D eigenvalue weighted by molar-refractivity contribution is 7.91. The number of hydrogen-bond donors (Lipinski definition) is 2. The Morgan fingerprint density at radius 3 is 2.69 bits per heavy atom. The summed E-state index contributed by atoms with van der Waals surface area (Å²) < 4.78 is 40.0. The van der Waals surface area contributed by atoms with Gasteiger partial charge in [-0.2, -0.15) is 0 Å². The van der Waals surface area contributed by atoms with Crippen molar-refractivity contribution in [1.29, 1.82) is 0 Å². The number of nitrogens with zero attached hydrogens (tertiary/aromatic N) is 1. The van der Waals surface area contributed by atoms with Crippen LogP contribution >= 0.6 is 11.3 Å². The van der Waals surface area contributed by atoms with Crippen LogP contribution in [-0.2, 0) is 26.0 Å². The molecule has 0 aliphatic carbocycles. The number of carbonyl (C=O) groups is 3. The van der Waals surface area contributed by atoms with Crippen LogP contribution in [0.2, 0.25) is 0 Å². The van der Waals surface area contributed by atoms with Crippen molar-refractivity contribution >= 4 is 49.0 Å². The van der Waals surface area contributed by atoms with Crippen LogP contribution in [0.5, 0.6) is 0 Å². The van der Waals surface area contributed by atoms with Gasteiger partial charge in [0, 0.05) is 30.0 Å². The quantitative estimate of drug-likeness (QED) is 0.563. The van der Waals surface area contributed by atoms with E-state index in [-0.39, 0.29) is 34.3 Å². The van der Waals surface area contributed by atoms with Crippen molar-refractivity contribution in [3.8, 4) is 11.1 Å². The van der Waals surface area contributed by atoms with Crippen molar-refractivity contribution in [3.63, 3.8) is 0 Å². The van der Waals surface area contributed by atoms with Crippen LogP contribution in [0, 0.1) is 5.82 Å². The lowest BCUT2D eigenvalue weighted by Crippen LogP contribution is -2.36. The molecule has 2 N–H and O–H groups in total. The molecule has 0 bridgehead atoms. The fourth-order valence-electron chi connectivity index (χ4n) is 3.47. The van der Waals surface area contributed by atoms with Gasteiger partial charge in [0.25, 0.3) is 5.91 Å². The second kappa shape index (κ2) is 8.06. The zero-order valence-electron chi connectivity index (χ0n) is 17.1. The van der Waals surface area contributed by atoms with Gasteiger partial charge in [-0.3, -0.25) is 14.4 Å². The number of rotatable bonds is 6. The first kappa shape index (κ1) is 22.0. The molecule has 11 heteroatoms. The molecule has 2 aromatic carbocycles. The number of Topliss-reactive ketones (excluding diaryl/α,β-unsaturated/α-hetero) is 1. The minimum absolute atomic E-state index is 0.0200. The van der Waals surface area contributed by atoms with Gasteiger partial charge in [-0.15, -0.1) is 11.3 Å².